The second-order valence-corrected chi connectivity index (χ2v) is 5.12. The molecule has 0 radical (unpaired) electrons. The van der Waals surface area contributed by atoms with E-state index in [9.17, 15) is 0 Å². The first kappa shape index (κ1) is 11.5. The van der Waals surface area contributed by atoms with Gasteiger partial charge in [0.15, 0.2) is 0 Å². The summed E-state index contributed by atoms with van der Waals surface area (Å²) in [5.74, 6) is 0.757. The highest BCUT2D eigenvalue weighted by Gasteiger charge is 2.24. The van der Waals surface area contributed by atoms with Crippen LogP contribution >= 0.6 is 0 Å². The van der Waals surface area contributed by atoms with E-state index in [1.165, 1.54) is 0 Å². The predicted octanol–water partition coefficient (Wildman–Crippen LogP) is 2.80. The first-order valence-corrected chi connectivity index (χ1v) is 6.51. The molecule has 1 saturated carbocycles. The predicted molar refractivity (Wildman–Crippen MR) is 72.7 cm³/mol. The molecule has 2 unspecified atom stereocenters. The van der Waals surface area contributed by atoms with Gasteiger partial charge in [-0.3, -0.25) is 0 Å². The quantitative estimate of drug-likeness (QED) is 0.881. The number of hydrogen-bond acceptors (Lipinski definition) is 3. The molecule has 18 heavy (non-hydrogen) atoms. The Kier molecular flexibility index (Phi) is 2.92. The van der Waals surface area contributed by atoms with Crippen LogP contribution in [-0.4, -0.2) is 17.1 Å². The van der Waals surface area contributed by atoms with E-state index in [1.807, 2.05) is 25.1 Å². The molecule has 1 aromatic heterocycles. The summed E-state index contributed by atoms with van der Waals surface area (Å²) in [7, 11) is 0. The Morgan fingerprint density at radius 3 is 2.89 bits per heavy atom. The third-order valence-corrected chi connectivity index (χ3v) is 3.57. The Labute approximate surface area is 107 Å². The van der Waals surface area contributed by atoms with Crippen molar-refractivity contribution in [2.24, 2.45) is 5.73 Å². The van der Waals surface area contributed by atoms with Crippen LogP contribution in [0, 0.1) is 6.92 Å². The monoisotopic (exact) mass is 242 g/mol. The van der Waals surface area contributed by atoms with Crippen molar-refractivity contribution in [2.75, 3.05) is 0 Å². The van der Waals surface area contributed by atoms with Crippen LogP contribution in [0.5, 0.6) is 5.88 Å². The minimum absolute atomic E-state index is 0.229. The topological polar surface area (TPSA) is 48.1 Å². The van der Waals surface area contributed by atoms with Gasteiger partial charge in [-0.1, -0.05) is 18.2 Å². The second kappa shape index (κ2) is 4.58. The third kappa shape index (κ3) is 2.18. The number of hydrogen-bond donors (Lipinski definition) is 1. The molecule has 94 valence electrons. The van der Waals surface area contributed by atoms with Crippen molar-refractivity contribution in [1.82, 2.24) is 4.98 Å². The summed E-state index contributed by atoms with van der Waals surface area (Å²) in [5, 5.41) is 1.16. The van der Waals surface area contributed by atoms with E-state index in [-0.39, 0.29) is 12.1 Å². The fraction of sp³-hybridized carbons (Fsp3) is 0.400. The maximum Gasteiger partial charge on any atom is 0.217 e. The lowest BCUT2D eigenvalue weighted by atomic mass is 10.1. The molecule has 0 spiro atoms. The van der Waals surface area contributed by atoms with Crippen LogP contribution in [0.4, 0.5) is 0 Å². The molecule has 0 saturated heterocycles. The number of nitrogens with two attached hydrogens (primary N) is 1. The third-order valence-electron chi connectivity index (χ3n) is 3.57. The molecule has 1 aromatic carbocycles. The Bertz CT molecular complexity index is 567. The van der Waals surface area contributed by atoms with Crippen molar-refractivity contribution in [2.45, 2.75) is 38.3 Å². The van der Waals surface area contributed by atoms with Crippen LogP contribution in [0.2, 0.25) is 0 Å². The molecule has 2 atom stereocenters. The van der Waals surface area contributed by atoms with E-state index < -0.39 is 0 Å². The molecule has 0 aliphatic heterocycles. The zero-order valence-electron chi connectivity index (χ0n) is 10.6. The van der Waals surface area contributed by atoms with E-state index in [0.717, 1.165) is 41.6 Å². The van der Waals surface area contributed by atoms with Gasteiger partial charge in [0.1, 0.15) is 6.10 Å². The van der Waals surface area contributed by atoms with Gasteiger partial charge in [0.05, 0.1) is 5.52 Å². The summed E-state index contributed by atoms with van der Waals surface area (Å²) in [6.45, 7) is 2.05. The number of para-hydroxylation sites is 1. The van der Waals surface area contributed by atoms with Crippen molar-refractivity contribution in [3.05, 3.63) is 35.9 Å². The molecule has 1 fully saturated rings. The summed E-state index contributed by atoms with van der Waals surface area (Å²) in [5.41, 5.74) is 7.99. The van der Waals surface area contributed by atoms with E-state index >= 15 is 0 Å². The number of fused-ring (bicyclic) bond motifs is 1. The fourth-order valence-corrected chi connectivity index (χ4v) is 2.56. The average Bonchev–Trinajstić information content (AvgIpc) is 2.76. The summed E-state index contributed by atoms with van der Waals surface area (Å²) >= 11 is 0. The van der Waals surface area contributed by atoms with Crippen LogP contribution < -0.4 is 10.5 Å². The van der Waals surface area contributed by atoms with Crippen LogP contribution in [0.3, 0.4) is 0 Å². The zero-order valence-corrected chi connectivity index (χ0v) is 10.6. The highest BCUT2D eigenvalue weighted by molar-refractivity contribution is 5.79. The van der Waals surface area contributed by atoms with Gasteiger partial charge in [0, 0.05) is 17.0 Å². The highest BCUT2D eigenvalue weighted by atomic mass is 16.5. The molecular formula is C15H18N2O. The highest BCUT2D eigenvalue weighted by Crippen LogP contribution is 2.26. The Morgan fingerprint density at radius 2 is 2.11 bits per heavy atom. The molecular weight excluding hydrogens is 224 g/mol. The summed E-state index contributed by atoms with van der Waals surface area (Å²) in [4.78, 5) is 4.60. The molecule has 0 amide bonds. The minimum atomic E-state index is 0.229. The van der Waals surface area contributed by atoms with Crippen LogP contribution in [0.15, 0.2) is 30.3 Å². The molecule has 3 rings (SSSR count). The molecule has 2 N–H and O–H groups in total. The number of nitrogens with zero attached hydrogens (tertiary/aromatic N) is 1. The molecule has 1 heterocycles. The van der Waals surface area contributed by atoms with Gasteiger partial charge >= 0.3 is 0 Å². The summed E-state index contributed by atoms with van der Waals surface area (Å²) in [6, 6.07) is 10.5. The smallest absolute Gasteiger partial charge is 0.217 e. The lowest BCUT2D eigenvalue weighted by Crippen LogP contribution is -2.19. The minimum Gasteiger partial charge on any atom is -0.474 e. The van der Waals surface area contributed by atoms with E-state index in [4.69, 9.17) is 10.5 Å². The number of ether oxygens (including phenoxy) is 1. The van der Waals surface area contributed by atoms with Crippen LogP contribution in [0.25, 0.3) is 10.9 Å². The van der Waals surface area contributed by atoms with Gasteiger partial charge in [0.2, 0.25) is 5.88 Å². The Balaban J connectivity index is 1.89. The Hall–Kier alpha value is -1.61. The van der Waals surface area contributed by atoms with Gasteiger partial charge in [0.25, 0.3) is 0 Å². The van der Waals surface area contributed by atoms with Crippen LogP contribution in [-0.2, 0) is 0 Å². The average molecular weight is 242 g/mol. The van der Waals surface area contributed by atoms with Gasteiger partial charge in [-0.2, -0.15) is 0 Å². The molecule has 1 aliphatic carbocycles. The zero-order chi connectivity index (χ0) is 12.5. The van der Waals surface area contributed by atoms with Crippen molar-refractivity contribution in [1.29, 1.82) is 0 Å². The van der Waals surface area contributed by atoms with Crippen molar-refractivity contribution in [3.8, 4) is 5.88 Å². The largest absolute Gasteiger partial charge is 0.474 e. The lowest BCUT2D eigenvalue weighted by molar-refractivity contribution is 0.199. The van der Waals surface area contributed by atoms with E-state index in [0.29, 0.717) is 0 Å². The van der Waals surface area contributed by atoms with E-state index in [2.05, 4.69) is 17.1 Å². The maximum atomic E-state index is 5.99. The molecule has 1 aliphatic rings. The SMILES string of the molecule is Cc1cc2ccccc2nc1OC1CCC(N)C1. The van der Waals surface area contributed by atoms with Crippen molar-refractivity contribution in [3.63, 3.8) is 0 Å². The van der Waals surface area contributed by atoms with E-state index in [1.54, 1.807) is 0 Å². The number of pyridine rings is 1. The van der Waals surface area contributed by atoms with Crippen molar-refractivity contribution < 1.29 is 4.74 Å². The number of aromatic nitrogens is 1. The fourth-order valence-electron chi connectivity index (χ4n) is 2.56. The van der Waals surface area contributed by atoms with Gasteiger partial charge in [-0.15, -0.1) is 0 Å². The lowest BCUT2D eigenvalue weighted by Gasteiger charge is -2.15. The first-order chi connectivity index (χ1) is 8.72. The summed E-state index contributed by atoms with van der Waals surface area (Å²) < 4.78 is 5.99. The molecule has 2 aromatic rings. The standard InChI is InChI=1S/C15H18N2O/c1-10-8-11-4-2-3-5-14(11)17-15(10)18-13-7-6-12(16)9-13/h2-5,8,12-13H,6-7,9,16H2,1H3. The van der Waals surface area contributed by atoms with Gasteiger partial charge < -0.3 is 10.5 Å². The Morgan fingerprint density at radius 1 is 1.28 bits per heavy atom. The van der Waals surface area contributed by atoms with Crippen molar-refractivity contribution >= 4 is 10.9 Å². The van der Waals surface area contributed by atoms with Gasteiger partial charge in [-0.05, 0) is 38.3 Å². The van der Waals surface area contributed by atoms with Gasteiger partial charge in [-0.25, -0.2) is 4.98 Å². The normalized spacial score (nSPS) is 23.4. The second-order valence-electron chi connectivity index (χ2n) is 5.12. The van der Waals surface area contributed by atoms with Crippen LogP contribution in [0.1, 0.15) is 24.8 Å². The summed E-state index contributed by atoms with van der Waals surface area (Å²) in [6.07, 6.45) is 3.26. The number of rotatable bonds is 2. The first-order valence-electron chi connectivity index (χ1n) is 6.51. The maximum absolute atomic E-state index is 5.99. The molecule has 3 nitrogen and oxygen atoms in total. The molecule has 3 heteroatoms. The number of benzene rings is 1. The number of aryl methyl sites for hydroxylation is 1. The molecule has 0 bridgehead atoms.